The number of carbonyl (C=O) groups is 1. The minimum Gasteiger partial charge on any atom is -0.476 e. The fourth-order valence-electron chi connectivity index (χ4n) is 2.21. The van der Waals surface area contributed by atoms with Gasteiger partial charge in [-0.2, -0.15) is 0 Å². The van der Waals surface area contributed by atoms with Gasteiger partial charge in [0.1, 0.15) is 0 Å². The number of aromatic carboxylic acids is 1. The Morgan fingerprint density at radius 2 is 2.33 bits per heavy atom. The van der Waals surface area contributed by atoms with Crippen molar-refractivity contribution in [1.29, 1.82) is 0 Å². The molecule has 92 valence electrons. The number of rotatable bonds is 4. The summed E-state index contributed by atoms with van der Waals surface area (Å²) in [6, 6.07) is 8.41. The van der Waals surface area contributed by atoms with E-state index < -0.39 is 5.97 Å². The quantitative estimate of drug-likeness (QED) is 0.887. The van der Waals surface area contributed by atoms with Crippen LogP contribution in [-0.2, 0) is 6.42 Å². The van der Waals surface area contributed by atoms with Crippen molar-refractivity contribution in [3.8, 4) is 0 Å². The first kappa shape index (κ1) is 11.2. The maximum atomic E-state index is 10.7. The van der Waals surface area contributed by atoms with E-state index in [0.29, 0.717) is 11.0 Å². The Kier molecular flexibility index (Phi) is 2.76. The third kappa shape index (κ3) is 1.97. The second kappa shape index (κ2) is 4.42. The maximum Gasteiger partial charge on any atom is 0.355 e. The highest BCUT2D eigenvalue weighted by atomic mass is 32.1. The molecule has 0 spiro atoms. The fraction of sp³-hybridized carbons (Fsp3) is 0.231. The summed E-state index contributed by atoms with van der Waals surface area (Å²) in [5.74, 6) is -0.466. The highest BCUT2D eigenvalue weighted by molar-refractivity contribution is 7.13. The van der Waals surface area contributed by atoms with Gasteiger partial charge in [-0.15, -0.1) is 11.3 Å². The third-order valence-electron chi connectivity index (χ3n) is 3.18. The van der Waals surface area contributed by atoms with Crippen molar-refractivity contribution in [3.63, 3.8) is 0 Å². The van der Waals surface area contributed by atoms with E-state index >= 15 is 0 Å². The van der Waals surface area contributed by atoms with Crippen LogP contribution in [0.4, 0.5) is 5.13 Å². The van der Waals surface area contributed by atoms with Gasteiger partial charge in [-0.3, -0.25) is 0 Å². The number of hydrogen-bond donors (Lipinski definition) is 2. The Bertz CT molecular complexity index is 594. The van der Waals surface area contributed by atoms with Crippen LogP contribution in [0.15, 0.2) is 29.6 Å². The molecule has 1 aliphatic rings. The topological polar surface area (TPSA) is 62.2 Å². The normalized spacial score (nSPS) is 16.8. The van der Waals surface area contributed by atoms with Gasteiger partial charge < -0.3 is 10.4 Å². The summed E-state index contributed by atoms with van der Waals surface area (Å²) in [6.07, 6.45) is 1.08. The Morgan fingerprint density at radius 3 is 3.06 bits per heavy atom. The van der Waals surface area contributed by atoms with Crippen molar-refractivity contribution in [1.82, 2.24) is 4.98 Å². The van der Waals surface area contributed by atoms with Crippen molar-refractivity contribution >= 4 is 22.4 Å². The number of benzene rings is 1. The van der Waals surface area contributed by atoms with Crippen LogP contribution < -0.4 is 5.32 Å². The Morgan fingerprint density at radius 1 is 1.50 bits per heavy atom. The van der Waals surface area contributed by atoms with Gasteiger partial charge in [0.05, 0.1) is 0 Å². The molecule has 0 saturated heterocycles. The molecule has 4 nitrogen and oxygen atoms in total. The van der Waals surface area contributed by atoms with Gasteiger partial charge >= 0.3 is 5.97 Å². The molecule has 1 aliphatic carbocycles. The van der Waals surface area contributed by atoms with E-state index in [2.05, 4.69) is 34.6 Å². The first-order chi connectivity index (χ1) is 8.74. The molecule has 2 N–H and O–H groups in total. The highest BCUT2D eigenvalue weighted by Crippen LogP contribution is 2.34. The molecule has 0 amide bonds. The summed E-state index contributed by atoms with van der Waals surface area (Å²) in [6.45, 7) is 0.809. The molecule has 1 unspecified atom stereocenters. The molecular weight excluding hydrogens is 248 g/mol. The SMILES string of the molecule is O=C(O)c1csc(NCC2Cc3ccccc32)n1. The molecule has 0 bridgehead atoms. The number of fused-ring (bicyclic) bond motifs is 1. The Labute approximate surface area is 108 Å². The second-order valence-corrected chi connectivity index (χ2v) is 5.18. The average molecular weight is 260 g/mol. The Balaban J connectivity index is 1.61. The van der Waals surface area contributed by atoms with E-state index in [0.717, 1.165) is 13.0 Å². The van der Waals surface area contributed by atoms with Crippen LogP contribution in [0.25, 0.3) is 0 Å². The van der Waals surface area contributed by atoms with Crippen molar-refractivity contribution in [2.75, 3.05) is 11.9 Å². The molecule has 2 aromatic rings. The molecule has 0 saturated carbocycles. The molecule has 1 aromatic heterocycles. The molecule has 5 heteroatoms. The van der Waals surface area contributed by atoms with Gasteiger partial charge in [-0.25, -0.2) is 9.78 Å². The van der Waals surface area contributed by atoms with Crippen LogP contribution in [0.2, 0.25) is 0 Å². The lowest BCUT2D eigenvalue weighted by molar-refractivity contribution is 0.0691. The van der Waals surface area contributed by atoms with Crippen LogP contribution in [-0.4, -0.2) is 22.6 Å². The molecule has 1 heterocycles. The zero-order chi connectivity index (χ0) is 12.5. The van der Waals surface area contributed by atoms with Crippen molar-refractivity contribution in [2.24, 2.45) is 0 Å². The van der Waals surface area contributed by atoms with Crippen LogP contribution in [0, 0.1) is 0 Å². The molecule has 0 fully saturated rings. The standard InChI is InChI=1S/C13H12N2O2S/c16-12(17)11-7-18-13(15-11)14-6-9-5-8-3-1-2-4-10(8)9/h1-4,7,9H,5-6H2,(H,14,15)(H,16,17). The second-order valence-electron chi connectivity index (χ2n) is 4.32. The van der Waals surface area contributed by atoms with Crippen LogP contribution in [0.3, 0.4) is 0 Å². The van der Waals surface area contributed by atoms with Crippen LogP contribution >= 0.6 is 11.3 Å². The highest BCUT2D eigenvalue weighted by Gasteiger charge is 2.25. The van der Waals surface area contributed by atoms with Gasteiger partial charge in [0.15, 0.2) is 10.8 Å². The largest absolute Gasteiger partial charge is 0.476 e. The lowest BCUT2D eigenvalue weighted by Crippen LogP contribution is -2.24. The maximum absolute atomic E-state index is 10.7. The number of nitrogens with one attached hydrogen (secondary N) is 1. The summed E-state index contributed by atoms with van der Waals surface area (Å²) in [5.41, 5.74) is 2.91. The summed E-state index contributed by atoms with van der Waals surface area (Å²) in [7, 11) is 0. The molecule has 0 aliphatic heterocycles. The Hall–Kier alpha value is -1.88. The van der Waals surface area contributed by atoms with Gasteiger partial charge in [0.2, 0.25) is 0 Å². The van der Waals surface area contributed by atoms with Gasteiger partial charge in [0.25, 0.3) is 0 Å². The zero-order valence-corrected chi connectivity index (χ0v) is 10.4. The monoisotopic (exact) mass is 260 g/mol. The van der Waals surface area contributed by atoms with Crippen molar-refractivity contribution < 1.29 is 9.90 Å². The molecule has 1 aromatic carbocycles. The molecule has 0 radical (unpaired) electrons. The predicted molar refractivity (Wildman–Crippen MR) is 70.5 cm³/mol. The number of anilines is 1. The molecular formula is C13H12N2O2S. The minimum absolute atomic E-state index is 0.108. The predicted octanol–water partition coefficient (Wildman–Crippen LogP) is 2.59. The fourth-order valence-corrected chi connectivity index (χ4v) is 2.90. The molecule has 18 heavy (non-hydrogen) atoms. The third-order valence-corrected chi connectivity index (χ3v) is 3.98. The first-order valence-electron chi connectivity index (χ1n) is 5.74. The average Bonchev–Trinajstić information content (AvgIpc) is 2.79. The van der Waals surface area contributed by atoms with E-state index in [9.17, 15) is 4.79 Å². The van der Waals surface area contributed by atoms with Crippen molar-refractivity contribution in [2.45, 2.75) is 12.3 Å². The lowest BCUT2D eigenvalue weighted by atomic mass is 9.78. The number of thiazole rings is 1. The van der Waals surface area contributed by atoms with Gasteiger partial charge in [-0.05, 0) is 17.5 Å². The number of carboxylic acid groups (broad SMARTS) is 1. The first-order valence-corrected chi connectivity index (χ1v) is 6.62. The summed E-state index contributed by atoms with van der Waals surface area (Å²) < 4.78 is 0. The minimum atomic E-state index is -0.978. The smallest absolute Gasteiger partial charge is 0.355 e. The lowest BCUT2D eigenvalue weighted by Gasteiger charge is -2.30. The van der Waals surface area contributed by atoms with Crippen LogP contribution in [0.5, 0.6) is 0 Å². The molecule has 3 rings (SSSR count). The van der Waals surface area contributed by atoms with E-state index in [4.69, 9.17) is 5.11 Å². The number of nitrogens with zero attached hydrogens (tertiary/aromatic N) is 1. The van der Waals surface area contributed by atoms with Crippen molar-refractivity contribution in [3.05, 3.63) is 46.5 Å². The van der Waals surface area contributed by atoms with E-state index in [1.54, 1.807) is 5.38 Å². The molecule has 1 atom stereocenters. The van der Waals surface area contributed by atoms with Gasteiger partial charge in [-0.1, -0.05) is 24.3 Å². The zero-order valence-electron chi connectivity index (χ0n) is 9.59. The number of hydrogen-bond acceptors (Lipinski definition) is 4. The number of carboxylic acids is 1. The van der Waals surface area contributed by atoms with E-state index in [1.165, 1.54) is 22.5 Å². The summed E-state index contributed by atoms with van der Waals surface area (Å²) >= 11 is 1.33. The summed E-state index contributed by atoms with van der Waals surface area (Å²) in [4.78, 5) is 14.7. The van der Waals surface area contributed by atoms with Crippen LogP contribution in [0.1, 0.15) is 27.5 Å². The van der Waals surface area contributed by atoms with E-state index in [1.807, 2.05) is 0 Å². The van der Waals surface area contributed by atoms with E-state index in [-0.39, 0.29) is 5.69 Å². The number of aromatic nitrogens is 1. The summed E-state index contributed by atoms with van der Waals surface area (Å²) in [5, 5.41) is 14.2. The van der Waals surface area contributed by atoms with Gasteiger partial charge in [0, 0.05) is 17.8 Å².